The first-order valence-corrected chi connectivity index (χ1v) is 6.81. The second-order valence-corrected chi connectivity index (χ2v) is 5.82. The van der Waals surface area contributed by atoms with Crippen molar-refractivity contribution in [2.45, 2.75) is 45.0 Å². The Balaban J connectivity index is 2.40. The van der Waals surface area contributed by atoms with E-state index in [0.29, 0.717) is 5.56 Å². The number of aliphatic hydroxyl groups is 2. The van der Waals surface area contributed by atoms with E-state index in [-0.39, 0.29) is 18.7 Å². The van der Waals surface area contributed by atoms with Crippen molar-refractivity contribution in [3.8, 4) is 5.75 Å². The van der Waals surface area contributed by atoms with Gasteiger partial charge in [0.2, 0.25) is 0 Å². The summed E-state index contributed by atoms with van der Waals surface area (Å²) in [5.41, 5.74) is -0.163. The van der Waals surface area contributed by atoms with E-state index in [9.17, 15) is 20.1 Å². The third kappa shape index (κ3) is 6.46. The molecular weight excluding hydrogens is 274 g/mol. The summed E-state index contributed by atoms with van der Waals surface area (Å²) in [6.45, 7) is 5.44. The Bertz CT molecular complexity index is 469. The molecule has 1 amide bonds. The number of hydrogen-bond acceptors (Lipinski definition) is 5. The summed E-state index contributed by atoms with van der Waals surface area (Å²) < 4.78 is 5.05. The summed E-state index contributed by atoms with van der Waals surface area (Å²) in [5, 5.41) is 31.7. The maximum absolute atomic E-state index is 11.4. The second-order valence-electron chi connectivity index (χ2n) is 5.82. The van der Waals surface area contributed by atoms with Crippen LogP contribution in [-0.4, -0.2) is 39.7 Å². The second kappa shape index (κ2) is 7.28. The molecule has 0 saturated carbocycles. The van der Waals surface area contributed by atoms with Crippen LogP contribution in [0.4, 0.5) is 4.79 Å². The number of carbonyl (C=O) groups excluding carboxylic acids is 1. The maximum Gasteiger partial charge on any atom is 0.407 e. The van der Waals surface area contributed by atoms with Crippen molar-refractivity contribution < 1.29 is 24.9 Å². The number of ether oxygens (including phenoxy) is 1. The first kappa shape index (κ1) is 17.3. The number of alkyl carbamates (subject to hydrolysis) is 1. The molecule has 0 saturated heterocycles. The lowest BCUT2D eigenvalue weighted by Gasteiger charge is -2.21. The molecule has 4 N–H and O–H groups in total. The Hall–Kier alpha value is -1.79. The molecule has 21 heavy (non-hydrogen) atoms. The van der Waals surface area contributed by atoms with Crippen LogP contribution in [0.3, 0.4) is 0 Å². The summed E-state index contributed by atoms with van der Waals surface area (Å²) in [6.07, 6.45) is -2.59. The first-order valence-electron chi connectivity index (χ1n) is 6.81. The van der Waals surface area contributed by atoms with E-state index in [1.165, 1.54) is 12.1 Å². The fourth-order valence-corrected chi connectivity index (χ4v) is 1.73. The monoisotopic (exact) mass is 297 g/mol. The summed E-state index contributed by atoms with van der Waals surface area (Å²) in [7, 11) is 0. The lowest BCUT2D eigenvalue weighted by atomic mass is 10.0. The molecular formula is C15H23NO5. The van der Waals surface area contributed by atoms with Crippen molar-refractivity contribution in [1.82, 2.24) is 5.32 Å². The largest absolute Gasteiger partial charge is 0.508 e. The van der Waals surface area contributed by atoms with E-state index in [0.717, 1.165) is 0 Å². The number of nitrogens with one attached hydrogen (secondary N) is 1. The average molecular weight is 297 g/mol. The number of benzene rings is 1. The van der Waals surface area contributed by atoms with Crippen LogP contribution in [-0.2, 0) is 4.74 Å². The molecule has 0 fully saturated rings. The number of aliphatic hydroxyl groups excluding tert-OH is 2. The molecule has 0 aliphatic heterocycles. The van der Waals surface area contributed by atoms with Gasteiger partial charge < -0.3 is 25.4 Å². The van der Waals surface area contributed by atoms with E-state index in [2.05, 4.69) is 5.32 Å². The molecule has 1 aromatic rings. The Labute approximate surface area is 124 Å². The van der Waals surface area contributed by atoms with Crippen molar-refractivity contribution >= 4 is 6.09 Å². The van der Waals surface area contributed by atoms with E-state index in [1.54, 1.807) is 32.9 Å². The van der Waals surface area contributed by atoms with Gasteiger partial charge in [0.1, 0.15) is 17.5 Å². The zero-order valence-electron chi connectivity index (χ0n) is 12.5. The highest BCUT2D eigenvalue weighted by molar-refractivity contribution is 5.67. The summed E-state index contributed by atoms with van der Waals surface area (Å²) in [6, 6.07) is 6.05. The fraction of sp³-hybridized carbons (Fsp3) is 0.533. The third-order valence-corrected chi connectivity index (χ3v) is 2.68. The van der Waals surface area contributed by atoms with Crippen molar-refractivity contribution in [3.05, 3.63) is 29.8 Å². The summed E-state index contributed by atoms with van der Waals surface area (Å²) >= 11 is 0. The molecule has 0 bridgehead atoms. The highest BCUT2D eigenvalue weighted by Crippen LogP contribution is 2.22. The third-order valence-electron chi connectivity index (χ3n) is 2.68. The van der Waals surface area contributed by atoms with Gasteiger partial charge in [0.15, 0.2) is 0 Å². The Morgan fingerprint density at radius 2 is 2.00 bits per heavy atom. The van der Waals surface area contributed by atoms with Crippen molar-refractivity contribution in [1.29, 1.82) is 0 Å². The zero-order chi connectivity index (χ0) is 16.0. The number of phenols is 1. The molecule has 0 aliphatic carbocycles. The van der Waals surface area contributed by atoms with Crippen LogP contribution >= 0.6 is 0 Å². The standard InChI is InChI=1S/C15H23NO5/c1-15(2,3)21-14(20)16-8-7-12(18)13(19)10-5-4-6-11(17)9-10/h4-6,9,12-13,17-19H,7-8H2,1-3H3,(H,16,20). The van der Waals surface area contributed by atoms with E-state index in [4.69, 9.17) is 4.74 Å². The van der Waals surface area contributed by atoms with Gasteiger partial charge in [-0.1, -0.05) is 12.1 Å². The van der Waals surface area contributed by atoms with Gasteiger partial charge in [0.05, 0.1) is 6.10 Å². The van der Waals surface area contributed by atoms with Crippen molar-refractivity contribution in [3.63, 3.8) is 0 Å². The average Bonchev–Trinajstić information content (AvgIpc) is 2.35. The van der Waals surface area contributed by atoms with Crippen LogP contribution in [0.1, 0.15) is 38.9 Å². The minimum Gasteiger partial charge on any atom is -0.508 e. The Kier molecular flexibility index (Phi) is 5.99. The van der Waals surface area contributed by atoms with Gasteiger partial charge >= 0.3 is 6.09 Å². The normalized spacial score (nSPS) is 14.3. The minimum absolute atomic E-state index is 0.0191. The van der Waals surface area contributed by atoms with Crippen molar-refractivity contribution in [2.24, 2.45) is 0 Å². The fourth-order valence-electron chi connectivity index (χ4n) is 1.73. The van der Waals surface area contributed by atoms with Crippen LogP contribution in [0.2, 0.25) is 0 Å². The van der Waals surface area contributed by atoms with Crippen LogP contribution < -0.4 is 5.32 Å². The SMILES string of the molecule is CC(C)(C)OC(=O)NCCC(O)C(O)c1cccc(O)c1. The van der Waals surface area contributed by atoms with Gasteiger partial charge in [-0.3, -0.25) is 0 Å². The number of carbonyl (C=O) groups is 1. The van der Waals surface area contributed by atoms with Crippen LogP contribution in [0.5, 0.6) is 5.75 Å². The van der Waals surface area contributed by atoms with Crippen LogP contribution in [0, 0.1) is 0 Å². The summed E-state index contributed by atoms with van der Waals surface area (Å²) in [4.78, 5) is 11.4. The molecule has 0 aliphatic rings. The predicted molar refractivity (Wildman–Crippen MR) is 77.9 cm³/mol. The molecule has 1 rings (SSSR count). The van der Waals surface area contributed by atoms with E-state index >= 15 is 0 Å². The minimum atomic E-state index is -1.13. The number of aromatic hydroxyl groups is 1. The first-order chi connectivity index (χ1) is 9.69. The van der Waals surface area contributed by atoms with Gasteiger partial charge in [0.25, 0.3) is 0 Å². The van der Waals surface area contributed by atoms with Gasteiger partial charge in [0, 0.05) is 6.54 Å². The molecule has 0 aromatic heterocycles. The van der Waals surface area contributed by atoms with Crippen LogP contribution in [0.15, 0.2) is 24.3 Å². The molecule has 2 unspecified atom stereocenters. The Morgan fingerprint density at radius 1 is 1.33 bits per heavy atom. The topological polar surface area (TPSA) is 99.0 Å². The molecule has 6 nitrogen and oxygen atoms in total. The van der Waals surface area contributed by atoms with Gasteiger partial charge in [-0.2, -0.15) is 0 Å². The highest BCUT2D eigenvalue weighted by atomic mass is 16.6. The number of phenolic OH excluding ortho intramolecular Hbond substituents is 1. The molecule has 118 valence electrons. The molecule has 6 heteroatoms. The van der Waals surface area contributed by atoms with Gasteiger partial charge in [-0.25, -0.2) is 4.79 Å². The van der Waals surface area contributed by atoms with Gasteiger partial charge in [-0.05, 0) is 44.9 Å². The smallest absolute Gasteiger partial charge is 0.407 e. The molecule has 0 radical (unpaired) electrons. The zero-order valence-corrected chi connectivity index (χ0v) is 12.5. The molecule has 2 atom stereocenters. The molecule has 1 aromatic carbocycles. The van der Waals surface area contributed by atoms with Crippen LogP contribution in [0.25, 0.3) is 0 Å². The number of hydrogen-bond donors (Lipinski definition) is 4. The van der Waals surface area contributed by atoms with Crippen molar-refractivity contribution in [2.75, 3.05) is 6.54 Å². The molecule has 0 heterocycles. The predicted octanol–water partition coefficient (Wildman–Crippen LogP) is 1.70. The highest BCUT2D eigenvalue weighted by Gasteiger charge is 2.20. The number of amides is 1. The van der Waals surface area contributed by atoms with E-state index in [1.807, 2.05) is 0 Å². The van der Waals surface area contributed by atoms with E-state index < -0.39 is 23.9 Å². The summed E-state index contributed by atoms with van der Waals surface area (Å²) in [5.74, 6) is 0.0191. The maximum atomic E-state index is 11.4. The number of rotatable bonds is 5. The Morgan fingerprint density at radius 3 is 2.57 bits per heavy atom. The lowest BCUT2D eigenvalue weighted by molar-refractivity contribution is 0.0122. The van der Waals surface area contributed by atoms with Gasteiger partial charge in [-0.15, -0.1) is 0 Å². The lowest BCUT2D eigenvalue weighted by Crippen LogP contribution is -2.34. The molecule has 0 spiro atoms. The quantitative estimate of drug-likeness (QED) is 0.663.